The number of hydrogen-bond acceptors (Lipinski definition) is 10. The third-order valence-corrected chi connectivity index (χ3v) is 6.31. The fourth-order valence-electron chi connectivity index (χ4n) is 4.24. The van der Waals surface area contributed by atoms with Crippen LogP contribution in [-0.2, 0) is 23.2 Å². The van der Waals surface area contributed by atoms with Gasteiger partial charge in [0.05, 0.1) is 24.0 Å². The first-order valence-electron chi connectivity index (χ1n) is 12.9. The van der Waals surface area contributed by atoms with Crippen molar-refractivity contribution in [3.8, 4) is 11.3 Å². The van der Waals surface area contributed by atoms with Crippen molar-refractivity contribution in [2.45, 2.75) is 32.4 Å². The van der Waals surface area contributed by atoms with E-state index in [0.717, 1.165) is 29.7 Å². The Morgan fingerprint density at radius 3 is 2.78 bits per heavy atom. The van der Waals surface area contributed by atoms with Gasteiger partial charge in [-0.15, -0.1) is 10.2 Å². The monoisotopic (exact) mass is 495 g/mol. The lowest BCUT2D eigenvalue weighted by atomic mass is 9.95. The van der Waals surface area contributed by atoms with Gasteiger partial charge in [0.15, 0.2) is 17.3 Å². The summed E-state index contributed by atoms with van der Waals surface area (Å²) in [6.45, 7) is -0.488. The average Bonchev–Trinajstić information content (AvgIpc) is 3.64. The van der Waals surface area contributed by atoms with Gasteiger partial charge in [-0.25, -0.2) is 4.98 Å². The van der Waals surface area contributed by atoms with Crippen LogP contribution in [0, 0.1) is 5.92 Å². The van der Waals surface area contributed by atoms with Crippen LogP contribution in [0.3, 0.4) is 0 Å². The highest BCUT2D eigenvalue weighted by atomic mass is 16.5. The van der Waals surface area contributed by atoms with Gasteiger partial charge in [-0.2, -0.15) is 15.0 Å². The van der Waals surface area contributed by atoms with Crippen LogP contribution in [0.15, 0.2) is 12.3 Å². The summed E-state index contributed by atoms with van der Waals surface area (Å²) < 4.78 is 27.7. The van der Waals surface area contributed by atoms with Crippen molar-refractivity contribution >= 4 is 34.8 Å². The van der Waals surface area contributed by atoms with Gasteiger partial charge in [0, 0.05) is 61.6 Å². The summed E-state index contributed by atoms with van der Waals surface area (Å²) in [6, 6.07) is 1.27. The zero-order chi connectivity index (χ0) is 28.1. The number of anilines is 4. The fourth-order valence-corrected chi connectivity index (χ4v) is 4.24. The summed E-state index contributed by atoms with van der Waals surface area (Å²) in [6.07, 6.45) is 3.23. The van der Waals surface area contributed by atoms with E-state index in [1.165, 1.54) is 10.9 Å². The maximum Gasteiger partial charge on any atom is 0.273 e. The number of ether oxygens (including phenoxy) is 1. The van der Waals surface area contributed by atoms with Crippen LogP contribution in [0.4, 0.5) is 23.0 Å². The van der Waals surface area contributed by atoms with E-state index in [2.05, 4.69) is 36.0 Å². The number of nitrogens with zero attached hydrogens (tertiary/aromatic N) is 7. The van der Waals surface area contributed by atoms with Crippen molar-refractivity contribution < 1.29 is 18.4 Å². The van der Waals surface area contributed by atoms with Crippen LogP contribution in [0.25, 0.3) is 11.3 Å². The van der Waals surface area contributed by atoms with E-state index in [1.807, 2.05) is 24.2 Å². The molecule has 0 spiro atoms. The summed E-state index contributed by atoms with van der Waals surface area (Å²) >= 11 is 0. The normalized spacial score (nSPS) is 17.8. The predicted octanol–water partition coefficient (Wildman–Crippen LogP) is 1.78. The Morgan fingerprint density at radius 2 is 2.06 bits per heavy atom. The van der Waals surface area contributed by atoms with E-state index >= 15 is 0 Å². The van der Waals surface area contributed by atoms with Gasteiger partial charge in [0.1, 0.15) is 11.4 Å². The van der Waals surface area contributed by atoms with Crippen LogP contribution >= 0.6 is 0 Å². The Kier molecular flexibility index (Phi) is 5.11. The number of pyridine rings is 1. The molecule has 36 heavy (non-hydrogen) atoms. The maximum atomic E-state index is 12.9. The van der Waals surface area contributed by atoms with Crippen LogP contribution in [-0.4, -0.2) is 63.1 Å². The van der Waals surface area contributed by atoms with E-state index in [4.69, 9.17) is 8.85 Å². The van der Waals surface area contributed by atoms with Crippen LogP contribution < -0.4 is 20.9 Å². The van der Waals surface area contributed by atoms with Crippen molar-refractivity contribution in [2.75, 3.05) is 36.7 Å². The van der Waals surface area contributed by atoms with Crippen molar-refractivity contribution in [3.63, 3.8) is 0 Å². The molecule has 0 unspecified atom stereocenters. The smallest absolute Gasteiger partial charge is 0.273 e. The Balaban J connectivity index is 1.62. The molecule has 3 aromatic heterocycles. The second-order valence-electron chi connectivity index (χ2n) is 8.83. The predicted molar refractivity (Wildman–Crippen MR) is 132 cm³/mol. The highest BCUT2D eigenvalue weighted by Crippen LogP contribution is 2.47. The minimum atomic E-state index is -2.74. The molecule has 0 bridgehead atoms. The highest BCUT2D eigenvalue weighted by molar-refractivity contribution is 6.00. The second-order valence-corrected chi connectivity index (χ2v) is 8.83. The topological polar surface area (TPSA) is 152 Å². The van der Waals surface area contributed by atoms with Gasteiger partial charge in [-0.1, -0.05) is 0 Å². The minimum absolute atomic E-state index is 0.0833. The number of nitrogens with one attached hydrogen (secondary N) is 3. The maximum absolute atomic E-state index is 12.9. The van der Waals surface area contributed by atoms with E-state index < -0.39 is 12.9 Å². The summed E-state index contributed by atoms with van der Waals surface area (Å²) in [5.74, 6) is -0.778. The number of methoxy groups -OCH3 is 1. The van der Waals surface area contributed by atoms with Crippen molar-refractivity contribution in [1.82, 2.24) is 35.5 Å². The van der Waals surface area contributed by atoms with Gasteiger partial charge in [0.2, 0.25) is 5.91 Å². The molecular formula is C23H28N10O3. The number of hydrogen-bond donors (Lipinski definition) is 3. The molecule has 4 heterocycles. The molecule has 3 N–H and O–H groups in total. The van der Waals surface area contributed by atoms with Gasteiger partial charge < -0.3 is 25.6 Å². The van der Waals surface area contributed by atoms with Crippen LogP contribution in [0.1, 0.15) is 51.7 Å². The van der Waals surface area contributed by atoms with Gasteiger partial charge >= 0.3 is 0 Å². The fraction of sp³-hybridized carbons (Fsp3) is 0.435. The Labute approximate surface area is 211 Å². The number of fused-ring (bicyclic) bond motifs is 3. The number of carbonyl (C=O) groups excluding carboxylic acids is 2. The Bertz CT molecular complexity index is 1450. The van der Waals surface area contributed by atoms with Crippen molar-refractivity contribution in [3.05, 3.63) is 29.2 Å². The first-order chi connectivity index (χ1) is 18.5. The molecule has 188 valence electrons. The average molecular weight is 496 g/mol. The van der Waals surface area contributed by atoms with Gasteiger partial charge in [0.25, 0.3) is 5.91 Å². The largest absolute Gasteiger partial charge is 0.380 e. The van der Waals surface area contributed by atoms with Gasteiger partial charge in [-0.05, 0) is 19.8 Å². The van der Waals surface area contributed by atoms with Crippen molar-refractivity contribution in [1.29, 1.82) is 0 Å². The van der Waals surface area contributed by atoms with Gasteiger partial charge in [-0.3, -0.25) is 9.59 Å². The lowest BCUT2D eigenvalue weighted by Crippen LogP contribution is -2.28. The Hall–Kier alpha value is -4.13. The quantitative estimate of drug-likeness (QED) is 0.442. The number of carbonyl (C=O) groups is 2. The van der Waals surface area contributed by atoms with Crippen LogP contribution in [0.5, 0.6) is 0 Å². The lowest BCUT2D eigenvalue weighted by molar-refractivity contribution is -0.117. The van der Waals surface area contributed by atoms with E-state index in [-0.39, 0.29) is 41.7 Å². The molecule has 3 aromatic rings. The molecule has 0 saturated heterocycles. The van der Waals surface area contributed by atoms with Crippen LogP contribution in [0.2, 0.25) is 0 Å². The summed E-state index contributed by atoms with van der Waals surface area (Å²) in [7, 11) is 5.22. The zero-order valence-corrected chi connectivity index (χ0v) is 20.3. The molecule has 2 amide bonds. The molecule has 1 saturated carbocycles. The molecule has 5 rings (SSSR count). The molecule has 13 nitrogen and oxygen atoms in total. The molecular weight excluding hydrogens is 464 g/mol. The lowest BCUT2D eigenvalue weighted by Gasteiger charge is -2.34. The molecule has 13 heteroatoms. The summed E-state index contributed by atoms with van der Waals surface area (Å²) in [5.41, 5.74) is 3.51. The minimum Gasteiger partial charge on any atom is -0.380 e. The number of aryl methyl sites for hydroxylation is 1. The third-order valence-electron chi connectivity index (χ3n) is 6.31. The highest BCUT2D eigenvalue weighted by Gasteiger charge is 2.35. The SMILES string of the molecule is [2H]C([2H])([2H])NC(=O)c1nnc(NC(=O)C2CC2)cc1Nc1ncc(COC)c2c1N(C)[C@H](C)c1nn(C)nc1-2. The second kappa shape index (κ2) is 9.15. The molecule has 1 aliphatic carbocycles. The number of rotatable bonds is 7. The van der Waals surface area contributed by atoms with E-state index in [9.17, 15) is 9.59 Å². The Morgan fingerprint density at radius 1 is 1.25 bits per heavy atom. The zero-order valence-electron chi connectivity index (χ0n) is 23.3. The molecule has 1 aliphatic heterocycles. The number of amides is 2. The molecule has 1 fully saturated rings. The first-order valence-corrected chi connectivity index (χ1v) is 11.4. The molecule has 2 aliphatic rings. The standard InChI is InChI=1S/C23H28N10O3/c1-11-17-19(31-33(4)30-17)16-13(10-36-5)9-25-21(20(16)32(11)3)26-14-8-15(27-22(34)12-6-7-12)28-29-18(14)23(35)24-2/h8-9,11-12H,6-7,10H2,1-5H3,(H,24,35)(H2,25,26,27,28,34)/t11-/m1/s1/i2D3. The number of aromatic nitrogens is 6. The molecule has 1 atom stereocenters. The molecule has 0 aromatic carbocycles. The molecule has 0 radical (unpaired) electrons. The van der Waals surface area contributed by atoms with E-state index in [0.29, 0.717) is 17.2 Å². The summed E-state index contributed by atoms with van der Waals surface area (Å²) in [5, 5.41) is 24.8. The summed E-state index contributed by atoms with van der Waals surface area (Å²) in [4.78, 5) is 33.3. The third kappa shape index (κ3) is 4.11. The first kappa shape index (κ1) is 20.1. The van der Waals surface area contributed by atoms with E-state index in [1.54, 1.807) is 20.4 Å². The van der Waals surface area contributed by atoms with Crippen molar-refractivity contribution in [2.24, 2.45) is 13.0 Å².